The van der Waals surface area contributed by atoms with Crippen LogP contribution in [0.3, 0.4) is 0 Å². The summed E-state index contributed by atoms with van der Waals surface area (Å²) in [4.78, 5) is 12.1. The fourth-order valence-corrected chi connectivity index (χ4v) is 3.28. The molecule has 0 saturated heterocycles. The molecule has 0 radical (unpaired) electrons. The average Bonchev–Trinajstić information content (AvgIpc) is 3.23. The van der Waals surface area contributed by atoms with Crippen LogP contribution >= 0.6 is 15.9 Å². The van der Waals surface area contributed by atoms with Crippen molar-refractivity contribution in [3.05, 3.63) is 39.0 Å². The third-order valence-corrected chi connectivity index (χ3v) is 6.12. The maximum atomic E-state index is 13.5. The van der Waals surface area contributed by atoms with Gasteiger partial charge in [-0.3, -0.25) is 4.52 Å². The molecule has 0 fully saturated rings. The number of nitrogens with zero attached hydrogens (tertiary/aromatic N) is 5. The third-order valence-electron chi connectivity index (χ3n) is 3.68. The number of sulfonamides is 1. The number of rotatable bonds is 7. The lowest BCUT2D eigenvalue weighted by atomic mass is 10.3. The van der Waals surface area contributed by atoms with Gasteiger partial charge < -0.3 is 5.32 Å². The van der Waals surface area contributed by atoms with Gasteiger partial charge in [-0.25, -0.2) is 31.1 Å². The van der Waals surface area contributed by atoms with Crippen LogP contribution in [0.15, 0.2) is 36.6 Å². The van der Waals surface area contributed by atoms with Gasteiger partial charge in [-0.15, -0.1) is 0 Å². The van der Waals surface area contributed by atoms with Gasteiger partial charge in [0.15, 0.2) is 5.69 Å². The van der Waals surface area contributed by atoms with E-state index in [1.165, 1.54) is 26.2 Å². The van der Waals surface area contributed by atoms with Gasteiger partial charge in [0, 0.05) is 20.6 Å². The first kappa shape index (κ1) is 20.2. The summed E-state index contributed by atoms with van der Waals surface area (Å²) in [5, 5.41) is 13.8. The summed E-state index contributed by atoms with van der Waals surface area (Å²) in [6.45, 7) is 0.00586. The average molecular weight is 477 g/mol. The lowest BCUT2D eigenvalue weighted by Gasteiger charge is -2.11. The van der Waals surface area contributed by atoms with Gasteiger partial charge >= 0.3 is 5.76 Å². The summed E-state index contributed by atoms with van der Waals surface area (Å²) in [6.07, 6.45) is 0. The highest BCUT2D eigenvalue weighted by Crippen LogP contribution is 2.26. The quantitative estimate of drug-likeness (QED) is 0.530. The van der Waals surface area contributed by atoms with Crippen LogP contribution in [0.5, 0.6) is 0 Å². The number of anilines is 1. The predicted octanol–water partition coefficient (Wildman–Crippen LogP) is 1.08. The van der Waals surface area contributed by atoms with Crippen LogP contribution in [0.2, 0.25) is 0 Å². The Hall–Kier alpha value is -2.58. The molecule has 28 heavy (non-hydrogen) atoms. The Labute approximate surface area is 166 Å². The standard InChI is InChI=1S/C14H14BrFN6O5S/c1-21(2)28(24,25)6-5-17-12-11(18-27-19-12)13-20-26-14(23)22(13)8-3-4-10(16)9(15)7-8/h3-4,7H,5-6H2,1-2H3,(H,17,19). The molecule has 0 spiro atoms. The van der Waals surface area contributed by atoms with Crippen LogP contribution in [0.25, 0.3) is 17.2 Å². The van der Waals surface area contributed by atoms with E-state index in [1.54, 1.807) is 0 Å². The Morgan fingerprint density at radius 1 is 1.29 bits per heavy atom. The van der Waals surface area contributed by atoms with E-state index >= 15 is 0 Å². The van der Waals surface area contributed by atoms with Crippen LogP contribution in [0.1, 0.15) is 0 Å². The van der Waals surface area contributed by atoms with Crippen molar-refractivity contribution < 1.29 is 22.0 Å². The Bertz CT molecular complexity index is 1160. The molecule has 1 aromatic carbocycles. The van der Waals surface area contributed by atoms with Crippen molar-refractivity contribution in [3.8, 4) is 17.2 Å². The van der Waals surface area contributed by atoms with Crippen molar-refractivity contribution in [2.24, 2.45) is 0 Å². The first-order valence-corrected chi connectivity index (χ1v) is 10.1. The van der Waals surface area contributed by atoms with Crippen molar-refractivity contribution in [3.63, 3.8) is 0 Å². The van der Waals surface area contributed by atoms with Crippen LogP contribution < -0.4 is 11.1 Å². The zero-order valence-electron chi connectivity index (χ0n) is 14.6. The normalized spacial score (nSPS) is 11.9. The van der Waals surface area contributed by atoms with Crippen molar-refractivity contribution in [1.29, 1.82) is 0 Å². The van der Waals surface area contributed by atoms with E-state index in [-0.39, 0.29) is 39.8 Å². The monoisotopic (exact) mass is 476 g/mol. The number of halogens is 2. The molecular formula is C14H14BrFN6O5S. The first-order valence-electron chi connectivity index (χ1n) is 7.72. The summed E-state index contributed by atoms with van der Waals surface area (Å²) < 4.78 is 48.8. The fourth-order valence-electron chi connectivity index (χ4n) is 2.18. The SMILES string of the molecule is CN(C)S(=O)(=O)CCNc1nonc1-c1noc(=O)n1-c1ccc(F)c(Br)c1. The Morgan fingerprint density at radius 2 is 2.04 bits per heavy atom. The molecule has 0 atom stereocenters. The van der Waals surface area contributed by atoms with E-state index in [2.05, 4.69) is 41.3 Å². The van der Waals surface area contributed by atoms with E-state index < -0.39 is 21.6 Å². The smallest absolute Gasteiger partial charge is 0.364 e. The fraction of sp³-hybridized carbons (Fsp3) is 0.286. The lowest BCUT2D eigenvalue weighted by molar-refractivity contribution is 0.309. The largest absolute Gasteiger partial charge is 0.446 e. The van der Waals surface area contributed by atoms with E-state index in [1.807, 2.05) is 0 Å². The minimum Gasteiger partial charge on any atom is -0.364 e. The summed E-state index contributed by atoms with van der Waals surface area (Å²) in [7, 11) is -0.575. The first-order chi connectivity index (χ1) is 13.2. The number of hydrogen-bond acceptors (Lipinski definition) is 9. The van der Waals surface area contributed by atoms with Gasteiger partial charge in [0.25, 0.3) is 0 Å². The molecule has 0 aliphatic carbocycles. The zero-order valence-corrected chi connectivity index (χ0v) is 17.0. The molecule has 3 rings (SSSR count). The summed E-state index contributed by atoms with van der Waals surface area (Å²) in [5.74, 6) is -1.54. The lowest BCUT2D eigenvalue weighted by Crippen LogP contribution is -2.28. The van der Waals surface area contributed by atoms with Crippen molar-refractivity contribution in [2.45, 2.75) is 0 Å². The second-order valence-electron chi connectivity index (χ2n) is 5.69. The minimum atomic E-state index is -3.42. The van der Waals surface area contributed by atoms with E-state index in [4.69, 9.17) is 4.52 Å². The molecular weight excluding hydrogens is 463 g/mol. The molecule has 14 heteroatoms. The number of aromatic nitrogens is 4. The topological polar surface area (TPSA) is 136 Å². The van der Waals surface area contributed by atoms with Gasteiger partial charge in [-0.1, -0.05) is 5.16 Å². The molecule has 0 unspecified atom stereocenters. The molecule has 150 valence electrons. The molecule has 0 aliphatic heterocycles. The summed E-state index contributed by atoms with van der Waals surface area (Å²) >= 11 is 3.05. The van der Waals surface area contributed by atoms with Crippen LogP contribution in [-0.4, -0.2) is 59.2 Å². The van der Waals surface area contributed by atoms with Gasteiger partial charge in [-0.2, -0.15) is 0 Å². The summed E-state index contributed by atoms with van der Waals surface area (Å²) in [6, 6.07) is 3.88. The molecule has 11 nitrogen and oxygen atoms in total. The van der Waals surface area contributed by atoms with Crippen molar-refractivity contribution >= 4 is 31.8 Å². The van der Waals surface area contributed by atoms with Crippen LogP contribution in [-0.2, 0) is 10.0 Å². The maximum Gasteiger partial charge on any atom is 0.446 e. The zero-order chi connectivity index (χ0) is 20.5. The second-order valence-corrected chi connectivity index (χ2v) is 8.85. The Morgan fingerprint density at radius 3 is 2.71 bits per heavy atom. The molecule has 0 saturated carbocycles. The molecule has 0 bridgehead atoms. The molecule has 1 N–H and O–H groups in total. The van der Waals surface area contributed by atoms with E-state index in [0.717, 1.165) is 14.9 Å². The third kappa shape index (κ3) is 3.98. The van der Waals surface area contributed by atoms with Gasteiger partial charge in [0.05, 0.1) is 15.9 Å². The number of hydrogen-bond donors (Lipinski definition) is 1. The highest BCUT2D eigenvalue weighted by Gasteiger charge is 2.23. The predicted molar refractivity (Wildman–Crippen MR) is 99.0 cm³/mol. The number of nitrogens with one attached hydrogen (secondary N) is 1. The van der Waals surface area contributed by atoms with Crippen molar-refractivity contribution in [1.82, 2.24) is 24.3 Å². The van der Waals surface area contributed by atoms with Crippen LogP contribution in [0.4, 0.5) is 10.2 Å². The Balaban J connectivity index is 1.91. The maximum absolute atomic E-state index is 13.5. The van der Waals surface area contributed by atoms with Crippen molar-refractivity contribution in [2.75, 3.05) is 31.7 Å². The van der Waals surface area contributed by atoms with E-state index in [0.29, 0.717) is 0 Å². The van der Waals surface area contributed by atoms with Crippen LogP contribution in [0, 0.1) is 5.82 Å². The van der Waals surface area contributed by atoms with Gasteiger partial charge in [0.2, 0.25) is 21.7 Å². The highest BCUT2D eigenvalue weighted by atomic mass is 79.9. The van der Waals surface area contributed by atoms with E-state index in [9.17, 15) is 17.6 Å². The highest BCUT2D eigenvalue weighted by molar-refractivity contribution is 9.10. The molecule has 3 aromatic rings. The molecule has 0 amide bonds. The van der Waals surface area contributed by atoms with Gasteiger partial charge in [-0.05, 0) is 44.4 Å². The summed E-state index contributed by atoms with van der Waals surface area (Å²) in [5.41, 5.74) is 0.284. The number of benzene rings is 1. The van der Waals surface area contributed by atoms with Gasteiger partial charge in [0.1, 0.15) is 5.82 Å². The molecule has 2 aromatic heterocycles. The molecule has 2 heterocycles. The minimum absolute atomic E-state index is 0.00586. The second kappa shape index (κ2) is 7.81. The molecule has 0 aliphatic rings. The Kier molecular flexibility index (Phi) is 5.62.